The zero-order valence-electron chi connectivity index (χ0n) is 9.61. The van der Waals surface area contributed by atoms with Gasteiger partial charge in [0.05, 0.1) is 17.4 Å². The van der Waals surface area contributed by atoms with Crippen LogP contribution in [0, 0.1) is 0 Å². The van der Waals surface area contributed by atoms with Gasteiger partial charge >= 0.3 is 5.97 Å². The van der Waals surface area contributed by atoms with Crippen molar-refractivity contribution in [3.8, 4) is 11.3 Å². The largest absolute Gasteiger partial charge is 0.477 e. The molecule has 6 nitrogen and oxygen atoms in total. The van der Waals surface area contributed by atoms with Gasteiger partial charge in [-0.05, 0) is 18.2 Å². The fourth-order valence-corrected chi connectivity index (χ4v) is 1.93. The molecule has 0 saturated carbocycles. The van der Waals surface area contributed by atoms with Gasteiger partial charge in [-0.25, -0.2) is 9.31 Å². The van der Waals surface area contributed by atoms with Crippen LogP contribution < -0.4 is 0 Å². The third kappa shape index (κ3) is 1.46. The topological polar surface area (TPSA) is 72.4 Å². The van der Waals surface area contributed by atoms with E-state index in [0.717, 1.165) is 11.1 Å². The van der Waals surface area contributed by atoms with Crippen LogP contribution in [0.2, 0.25) is 0 Å². The van der Waals surface area contributed by atoms with Gasteiger partial charge < -0.3 is 5.11 Å². The third-order valence-electron chi connectivity index (χ3n) is 2.80. The van der Waals surface area contributed by atoms with Gasteiger partial charge in [0, 0.05) is 18.8 Å². The first-order chi connectivity index (χ1) is 8.66. The Morgan fingerprint density at radius 2 is 2.22 bits per heavy atom. The Bertz CT molecular complexity index is 741. The van der Waals surface area contributed by atoms with Gasteiger partial charge in [-0.3, -0.25) is 4.68 Å². The molecular formula is C12H10N4O2. The quantitative estimate of drug-likeness (QED) is 0.737. The summed E-state index contributed by atoms with van der Waals surface area (Å²) >= 11 is 0. The maximum atomic E-state index is 11.0. The van der Waals surface area contributed by atoms with E-state index < -0.39 is 5.97 Å². The van der Waals surface area contributed by atoms with Gasteiger partial charge in [0.15, 0.2) is 0 Å². The van der Waals surface area contributed by atoms with Crippen LogP contribution in [0.25, 0.3) is 16.8 Å². The molecule has 0 radical (unpaired) electrons. The molecule has 3 heterocycles. The summed E-state index contributed by atoms with van der Waals surface area (Å²) in [6, 6.07) is 7.25. The number of rotatable bonds is 2. The number of aromatic nitrogens is 4. The van der Waals surface area contributed by atoms with Crippen LogP contribution in [-0.2, 0) is 7.05 Å². The first-order valence-electron chi connectivity index (χ1n) is 5.37. The average molecular weight is 242 g/mol. The zero-order valence-corrected chi connectivity index (χ0v) is 9.61. The van der Waals surface area contributed by atoms with Crippen molar-refractivity contribution in [2.75, 3.05) is 0 Å². The summed E-state index contributed by atoms with van der Waals surface area (Å²) in [5.41, 5.74) is 2.47. The highest BCUT2D eigenvalue weighted by molar-refractivity contribution is 5.88. The predicted octanol–water partition coefficient (Wildman–Crippen LogP) is 1.43. The van der Waals surface area contributed by atoms with E-state index in [4.69, 9.17) is 5.11 Å². The maximum absolute atomic E-state index is 11.0. The van der Waals surface area contributed by atoms with E-state index in [1.165, 1.54) is 4.68 Å². The molecule has 1 N–H and O–H groups in total. The molecule has 0 atom stereocenters. The molecule has 0 fully saturated rings. The lowest BCUT2D eigenvalue weighted by Gasteiger charge is -1.94. The van der Waals surface area contributed by atoms with Crippen molar-refractivity contribution in [3.05, 3.63) is 42.4 Å². The van der Waals surface area contributed by atoms with Crippen molar-refractivity contribution in [1.29, 1.82) is 0 Å². The average Bonchev–Trinajstić information content (AvgIpc) is 2.92. The van der Waals surface area contributed by atoms with Crippen molar-refractivity contribution >= 4 is 11.5 Å². The van der Waals surface area contributed by atoms with Crippen LogP contribution in [0.5, 0.6) is 0 Å². The summed E-state index contributed by atoms with van der Waals surface area (Å²) in [7, 11) is 1.61. The predicted molar refractivity (Wildman–Crippen MR) is 64.4 cm³/mol. The van der Waals surface area contributed by atoms with Gasteiger partial charge in [-0.15, -0.1) is 0 Å². The molecule has 0 aliphatic carbocycles. The molecule has 0 aliphatic rings. The molecule has 3 rings (SSSR count). The maximum Gasteiger partial charge on any atom is 0.354 e. The Labute approximate surface area is 102 Å². The second-order valence-electron chi connectivity index (χ2n) is 3.93. The number of hydrogen-bond acceptors (Lipinski definition) is 3. The molecule has 0 aromatic carbocycles. The summed E-state index contributed by atoms with van der Waals surface area (Å²) < 4.78 is 3.08. The Kier molecular flexibility index (Phi) is 2.16. The molecule has 18 heavy (non-hydrogen) atoms. The normalized spacial score (nSPS) is 10.9. The van der Waals surface area contributed by atoms with Crippen LogP contribution in [-0.4, -0.2) is 30.5 Å². The number of carboxylic acid groups (broad SMARTS) is 1. The number of nitrogens with zero attached hydrogens (tertiary/aromatic N) is 4. The molecular weight excluding hydrogens is 232 g/mol. The molecule has 90 valence electrons. The monoisotopic (exact) mass is 242 g/mol. The van der Waals surface area contributed by atoms with Gasteiger partial charge in [0.1, 0.15) is 5.69 Å². The molecule has 3 aromatic rings. The summed E-state index contributed by atoms with van der Waals surface area (Å²) in [5.74, 6) is -0.993. The van der Waals surface area contributed by atoms with Gasteiger partial charge in [0.25, 0.3) is 0 Å². The first-order valence-corrected chi connectivity index (χ1v) is 5.37. The molecule has 0 aliphatic heterocycles. The Morgan fingerprint density at radius 3 is 2.94 bits per heavy atom. The Hall–Kier alpha value is -2.63. The number of fused-ring (bicyclic) bond motifs is 1. The van der Waals surface area contributed by atoms with E-state index >= 15 is 0 Å². The fraction of sp³-hybridized carbons (Fsp3) is 0.0833. The van der Waals surface area contributed by atoms with Crippen molar-refractivity contribution in [2.24, 2.45) is 7.05 Å². The van der Waals surface area contributed by atoms with Crippen molar-refractivity contribution < 1.29 is 9.90 Å². The minimum atomic E-state index is -0.993. The third-order valence-corrected chi connectivity index (χ3v) is 2.80. The van der Waals surface area contributed by atoms with Crippen LogP contribution in [0.1, 0.15) is 10.5 Å². The van der Waals surface area contributed by atoms with Crippen LogP contribution in [0.3, 0.4) is 0 Å². The Morgan fingerprint density at radius 1 is 1.39 bits per heavy atom. The number of carboxylic acids is 1. The van der Waals surface area contributed by atoms with Crippen LogP contribution in [0.4, 0.5) is 0 Å². The van der Waals surface area contributed by atoms with Gasteiger partial charge in [-0.1, -0.05) is 6.07 Å². The van der Waals surface area contributed by atoms with E-state index in [9.17, 15) is 4.79 Å². The SMILES string of the molecule is Cn1nc(-c2cnn3ccccc23)cc1C(=O)O. The molecule has 0 amide bonds. The van der Waals surface area contributed by atoms with E-state index in [0.29, 0.717) is 5.69 Å². The van der Waals surface area contributed by atoms with Gasteiger partial charge in [0.2, 0.25) is 0 Å². The summed E-state index contributed by atoms with van der Waals surface area (Å²) in [6.45, 7) is 0. The highest BCUT2D eigenvalue weighted by atomic mass is 16.4. The lowest BCUT2D eigenvalue weighted by atomic mass is 10.2. The molecule has 0 spiro atoms. The van der Waals surface area contributed by atoms with Crippen LogP contribution >= 0.6 is 0 Å². The smallest absolute Gasteiger partial charge is 0.354 e. The standard InChI is InChI=1S/C12H10N4O2/c1-15-11(12(17)18)6-9(14-15)8-7-13-16-5-3-2-4-10(8)16/h2-7H,1H3,(H,17,18). The number of carbonyl (C=O) groups is 1. The van der Waals surface area contributed by atoms with E-state index in [2.05, 4.69) is 10.2 Å². The lowest BCUT2D eigenvalue weighted by molar-refractivity contribution is 0.0685. The Balaban J connectivity index is 2.20. The molecule has 0 unspecified atom stereocenters. The summed E-state index contributed by atoms with van der Waals surface area (Å²) in [6.07, 6.45) is 3.52. The number of hydrogen-bond donors (Lipinski definition) is 1. The molecule has 3 aromatic heterocycles. The van der Waals surface area contributed by atoms with Crippen molar-refractivity contribution in [3.63, 3.8) is 0 Å². The first kappa shape index (κ1) is 10.5. The second-order valence-corrected chi connectivity index (χ2v) is 3.93. The number of aryl methyl sites for hydroxylation is 1. The molecule has 0 bridgehead atoms. The fourth-order valence-electron chi connectivity index (χ4n) is 1.93. The van der Waals surface area contributed by atoms with Crippen LogP contribution in [0.15, 0.2) is 36.7 Å². The molecule has 6 heteroatoms. The van der Waals surface area contributed by atoms with E-state index in [1.54, 1.807) is 23.8 Å². The minimum Gasteiger partial charge on any atom is -0.477 e. The zero-order chi connectivity index (χ0) is 12.7. The molecule has 0 saturated heterocycles. The van der Waals surface area contributed by atoms with Crippen molar-refractivity contribution in [2.45, 2.75) is 0 Å². The summed E-state index contributed by atoms with van der Waals surface area (Å²) in [5, 5.41) is 17.4. The minimum absolute atomic E-state index is 0.153. The second kappa shape index (κ2) is 3.69. The number of pyridine rings is 1. The van der Waals surface area contributed by atoms with E-state index in [-0.39, 0.29) is 5.69 Å². The number of aromatic carboxylic acids is 1. The lowest BCUT2D eigenvalue weighted by Crippen LogP contribution is -2.04. The highest BCUT2D eigenvalue weighted by Gasteiger charge is 2.15. The van der Waals surface area contributed by atoms with Crippen molar-refractivity contribution in [1.82, 2.24) is 19.4 Å². The summed E-state index contributed by atoms with van der Waals surface area (Å²) in [4.78, 5) is 11.0. The van der Waals surface area contributed by atoms with Gasteiger partial charge in [-0.2, -0.15) is 10.2 Å². The highest BCUT2D eigenvalue weighted by Crippen LogP contribution is 2.23. The van der Waals surface area contributed by atoms with E-state index in [1.807, 2.05) is 24.4 Å².